The number of rotatable bonds is 8. The number of para-hydroxylation sites is 1. The molecule has 0 aliphatic rings. The van der Waals surface area contributed by atoms with E-state index in [0.717, 1.165) is 18.7 Å². The number of amides is 1. The molecule has 0 unspecified atom stereocenters. The van der Waals surface area contributed by atoms with Gasteiger partial charge in [-0.25, -0.2) is 4.39 Å². The van der Waals surface area contributed by atoms with E-state index in [1.54, 1.807) is 6.92 Å². The Bertz CT molecular complexity index is 632. The molecule has 0 aliphatic heterocycles. The molecule has 0 radical (unpaired) electrons. The second-order valence-electron chi connectivity index (χ2n) is 5.62. The fourth-order valence-electron chi connectivity index (χ4n) is 2.25. The summed E-state index contributed by atoms with van der Waals surface area (Å²) >= 11 is 0. The van der Waals surface area contributed by atoms with E-state index in [4.69, 9.17) is 4.74 Å². The van der Waals surface area contributed by atoms with Crippen molar-refractivity contribution in [1.82, 2.24) is 5.32 Å². The number of hydrogen-bond donors (Lipinski definition) is 1. The second kappa shape index (κ2) is 8.91. The first-order chi connectivity index (χ1) is 11.6. The zero-order chi connectivity index (χ0) is 17.4. The van der Waals surface area contributed by atoms with E-state index in [0.29, 0.717) is 12.3 Å². The van der Waals surface area contributed by atoms with Crippen LogP contribution < -0.4 is 15.0 Å². The van der Waals surface area contributed by atoms with Crippen LogP contribution in [-0.4, -0.2) is 32.1 Å². The highest BCUT2D eigenvalue weighted by molar-refractivity contribution is 5.80. The van der Waals surface area contributed by atoms with Gasteiger partial charge in [0.2, 0.25) is 0 Å². The Morgan fingerprint density at radius 1 is 1.17 bits per heavy atom. The second-order valence-corrected chi connectivity index (χ2v) is 5.62. The van der Waals surface area contributed by atoms with Crippen molar-refractivity contribution < 1.29 is 13.9 Å². The SMILES string of the molecule is C[C@H](Oc1ccc(F)cc1)C(=O)NCCCN(C)c1ccccc1. The Kier molecular flexibility index (Phi) is 6.61. The first-order valence-electron chi connectivity index (χ1n) is 8.02. The van der Waals surface area contributed by atoms with Crippen LogP contribution in [-0.2, 0) is 4.79 Å². The molecule has 1 atom stereocenters. The molecule has 2 aromatic rings. The van der Waals surface area contributed by atoms with Gasteiger partial charge in [0.1, 0.15) is 11.6 Å². The quantitative estimate of drug-likeness (QED) is 0.756. The number of nitrogens with one attached hydrogen (secondary N) is 1. The molecule has 2 aromatic carbocycles. The fraction of sp³-hybridized carbons (Fsp3) is 0.316. The lowest BCUT2D eigenvalue weighted by molar-refractivity contribution is -0.127. The Balaban J connectivity index is 1.68. The largest absolute Gasteiger partial charge is 0.481 e. The van der Waals surface area contributed by atoms with Crippen LogP contribution in [0.3, 0.4) is 0 Å². The van der Waals surface area contributed by atoms with Gasteiger partial charge in [-0.3, -0.25) is 4.79 Å². The molecule has 128 valence electrons. The van der Waals surface area contributed by atoms with Crippen LogP contribution in [0.4, 0.5) is 10.1 Å². The number of ether oxygens (including phenoxy) is 1. The molecule has 4 nitrogen and oxygen atoms in total. The topological polar surface area (TPSA) is 41.6 Å². The Hall–Kier alpha value is -2.56. The first-order valence-corrected chi connectivity index (χ1v) is 8.02. The highest BCUT2D eigenvalue weighted by Gasteiger charge is 2.14. The molecular formula is C19H23FN2O2. The van der Waals surface area contributed by atoms with Gasteiger partial charge in [-0.05, 0) is 49.7 Å². The highest BCUT2D eigenvalue weighted by Crippen LogP contribution is 2.13. The lowest BCUT2D eigenvalue weighted by atomic mass is 10.3. The minimum Gasteiger partial charge on any atom is -0.481 e. The fourth-order valence-corrected chi connectivity index (χ4v) is 2.25. The monoisotopic (exact) mass is 330 g/mol. The standard InChI is InChI=1S/C19H23FN2O2/c1-15(24-18-11-9-16(20)10-12-18)19(23)21-13-6-14-22(2)17-7-4-3-5-8-17/h3-5,7-12,15H,6,13-14H2,1-2H3,(H,21,23)/t15-/m0/s1. The Morgan fingerprint density at radius 2 is 1.83 bits per heavy atom. The molecule has 0 saturated carbocycles. The molecule has 0 aliphatic carbocycles. The number of carbonyl (C=O) groups excluding carboxylic acids is 1. The van der Waals surface area contributed by atoms with Crippen LogP contribution in [0.25, 0.3) is 0 Å². The van der Waals surface area contributed by atoms with Gasteiger partial charge in [-0.2, -0.15) is 0 Å². The van der Waals surface area contributed by atoms with Gasteiger partial charge >= 0.3 is 0 Å². The summed E-state index contributed by atoms with van der Waals surface area (Å²) < 4.78 is 18.3. The van der Waals surface area contributed by atoms with E-state index < -0.39 is 6.10 Å². The van der Waals surface area contributed by atoms with E-state index in [-0.39, 0.29) is 11.7 Å². The minimum absolute atomic E-state index is 0.179. The van der Waals surface area contributed by atoms with Gasteiger partial charge in [0, 0.05) is 25.8 Å². The average molecular weight is 330 g/mol. The number of anilines is 1. The summed E-state index contributed by atoms with van der Waals surface area (Å²) in [6.07, 6.45) is 0.211. The summed E-state index contributed by atoms with van der Waals surface area (Å²) in [5.41, 5.74) is 1.15. The Morgan fingerprint density at radius 3 is 2.50 bits per heavy atom. The molecule has 0 saturated heterocycles. The van der Waals surface area contributed by atoms with Crippen molar-refractivity contribution in [2.45, 2.75) is 19.4 Å². The third-order valence-electron chi connectivity index (χ3n) is 3.66. The van der Waals surface area contributed by atoms with Gasteiger partial charge in [0.15, 0.2) is 6.10 Å². The predicted molar refractivity (Wildman–Crippen MR) is 93.8 cm³/mol. The minimum atomic E-state index is -0.623. The van der Waals surface area contributed by atoms with Crippen molar-refractivity contribution in [2.75, 3.05) is 25.0 Å². The van der Waals surface area contributed by atoms with E-state index in [1.165, 1.54) is 24.3 Å². The predicted octanol–water partition coefficient (Wildman–Crippen LogP) is 3.24. The summed E-state index contributed by atoms with van der Waals surface area (Å²) in [5, 5.41) is 2.86. The smallest absolute Gasteiger partial charge is 0.260 e. The molecule has 24 heavy (non-hydrogen) atoms. The van der Waals surface area contributed by atoms with E-state index >= 15 is 0 Å². The summed E-state index contributed by atoms with van der Waals surface area (Å²) in [5.74, 6) is -0.0356. The van der Waals surface area contributed by atoms with Crippen LogP contribution in [0.5, 0.6) is 5.75 Å². The van der Waals surface area contributed by atoms with Crippen molar-refractivity contribution in [3.63, 3.8) is 0 Å². The number of carbonyl (C=O) groups is 1. The molecule has 2 rings (SSSR count). The van der Waals surface area contributed by atoms with Crippen LogP contribution in [0, 0.1) is 5.82 Å². The van der Waals surface area contributed by atoms with Crippen molar-refractivity contribution in [2.24, 2.45) is 0 Å². The van der Waals surface area contributed by atoms with E-state index in [2.05, 4.69) is 22.3 Å². The maximum atomic E-state index is 12.8. The molecule has 0 spiro atoms. The number of benzene rings is 2. The molecule has 1 N–H and O–H groups in total. The number of nitrogens with zero attached hydrogens (tertiary/aromatic N) is 1. The maximum Gasteiger partial charge on any atom is 0.260 e. The zero-order valence-corrected chi connectivity index (χ0v) is 14.0. The third kappa shape index (κ3) is 5.57. The summed E-state index contributed by atoms with van der Waals surface area (Å²) in [6.45, 7) is 3.10. The van der Waals surface area contributed by atoms with E-state index in [1.807, 2.05) is 25.2 Å². The molecule has 5 heteroatoms. The summed E-state index contributed by atoms with van der Waals surface area (Å²) in [7, 11) is 2.03. The lowest BCUT2D eigenvalue weighted by Gasteiger charge is -2.19. The maximum absolute atomic E-state index is 12.8. The van der Waals surface area contributed by atoms with Crippen LogP contribution in [0.15, 0.2) is 54.6 Å². The molecule has 1 amide bonds. The molecular weight excluding hydrogens is 307 g/mol. The summed E-state index contributed by atoms with van der Waals surface area (Å²) in [6, 6.07) is 15.7. The lowest BCUT2D eigenvalue weighted by Crippen LogP contribution is -2.37. The molecule has 0 aromatic heterocycles. The van der Waals surface area contributed by atoms with Crippen LogP contribution in [0.1, 0.15) is 13.3 Å². The normalized spacial score (nSPS) is 11.6. The average Bonchev–Trinajstić information content (AvgIpc) is 2.61. The highest BCUT2D eigenvalue weighted by atomic mass is 19.1. The van der Waals surface area contributed by atoms with Gasteiger partial charge in [0.05, 0.1) is 0 Å². The molecule has 0 heterocycles. The Labute approximate surface area is 142 Å². The van der Waals surface area contributed by atoms with Crippen LogP contribution >= 0.6 is 0 Å². The third-order valence-corrected chi connectivity index (χ3v) is 3.66. The van der Waals surface area contributed by atoms with Crippen LogP contribution in [0.2, 0.25) is 0 Å². The number of halogens is 1. The molecule has 0 bridgehead atoms. The van der Waals surface area contributed by atoms with Gasteiger partial charge in [0.25, 0.3) is 5.91 Å². The summed E-state index contributed by atoms with van der Waals surface area (Å²) in [4.78, 5) is 14.1. The first kappa shape index (κ1) is 17.8. The van der Waals surface area contributed by atoms with Gasteiger partial charge in [-0.15, -0.1) is 0 Å². The van der Waals surface area contributed by atoms with Gasteiger partial charge in [-0.1, -0.05) is 18.2 Å². The van der Waals surface area contributed by atoms with Crippen molar-refractivity contribution >= 4 is 11.6 Å². The number of hydrogen-bond acceptors (Lipinski definition) is 3. The van der Waals surface area contributed by atoms with E-state index in [9.17, 15) is 9.18 Å². The molecule has 0 fully saturated rings. The van der Waals surface area contributed by atoms with Gasteiger partial charge < -0.3 is 15.0 Å². The van der Waals surface area contributed by atoms with Crippen molar-refractivity contribution in [3.05, 3.63) is 60.4 Å². The zero-order valence-electron chi connectivity index (χ0n) is 14.0. The van der Waals surface area contributed by atoms with Crippen molar-refractivity contribution in [1.29, 1.82) is 0 Å². The van der Waals surface area contributed by atoms with Crippen molar-refractivity contribution in [3.8, 4) is 5.75 Å².